The molecule has 0 aromatic carbocycles. The van der Waals surface area contributed by atoms with E-state index in [2.05, 4.69) is 16.0 Å². The number of anilines is 1. The molecule has 0 radical (unpaired) electrons. The van der Waals surface area contributed by atoms with E-state index in [-0.39, 0.29) is 0 Å². The minimum Gasteiger partial charge on any atom is -0.396 e. The summed E-state index contributed by atoms with van der Waals surface area (Å²) in [7, 11) is 0. The Balaban J connectivity index is 2.28. The molecule has 3 aromatic rings. The SMILES string of the molecule is Cc1nc(-c2sc(C#N)c(N)c2-c2cccnc2)cs1. The van der Waals surface area contributed by atoms with Crippen molar-refractivity contribution in [2.24, 2.45) is 0 Å². The van der Waals surface area contributed by atoms with Crippen LogP contribution in [0.3, 0.4) is 0 Å². The van der Waals surface area contributed by atoms with E-state index in [1.165, 1.54) is 11.3 Å². The molecule has 0 bridgehead atoms. The van der Waals surface area contributed by atoms with Crippen LogP contribution in [0.5, 0.6) is 0 Å². The maximum absolute atomic E-state index is 9.20. The van der Waals surface area contributed by atoms with Gasteiger partial charge in [-0.2, -0.15) is 5.26 Å². The fourth-order valence-corrected chi connectivity index (χ4v) is 3.65. The van der Waals surface area contributed by atoms with Crippen LogP contribution in [-0.4, -0.2) is 9.97 Å². The molecule has 98 valence electrons. The van der Waals surface area contributed by atoms with Gasteiger partial charge in [0.25, 0.3) is 0 Å². The molecule has 0 saturated carbocycles. The second-order valence-corrected chi connectivity index (χ2v) is 6.24. The molecular weight excluding hydrogens is 288 g/mol. The fourth-order valence-electron chi connectivity index (χ4n) is 1.97. The molecule has 0 atom stereocenters. The van der Waals surface area contributed by atoms with E-state index < -0.39 is 0 Å². The molecule has 2 N–H and O–H groups in total. The molecule has 0 spiro atoms. The second kappa shape index (κ2) is 5.04. The van der Waals surface area contributed by atoms with Gasteiger partial charge in [-0.1, -0.05) is 6.07 Å². The summed E-state index contributed by atoms with van der Waals surface area (Å²) in [6.07, 6.45) is 3.46. The number of rotatable bonds is 2. The lowest BCUT2D eigenvalue weighted by Crippen LogP contribution is -1.90. The zero-order valence-corrected chi connectivity index (χ0v) is 12.3. The number of pyridine rings is 1. The van der Waals surface area contributed by atoms with Gasteiger partial charge >= 0.3 is 0 Å². The van der Waals surface area contributed by atoms with Crippen molar-refractivity contribution in [3.8, 4) is 27.8 Å². The van der Waals surface area contributed by atoms with E-state index in [0.717, 1.165) is 26.7 Å². The highest BCUT2D eigenvalue weighted by atomic mass is 32.1. The predicted molar refractivity (Wildman–Crippen MR) is 82.5 cm³/mol. The van der Waals surface area contributed by atoms with Crippen LogP contribution in [-0.2, 0) is 0 Å². The summed E-state index contributed by atoms with van der Waals surface area (Å²) in [5.74, 6) is 0. The fraction of sp³-hybridized carbons (Fsp3) is 0.0714. The zero-order chi connectivity index (χ0) is 14.1. The van der Waals surface area contributed by atoms with Gasteiger partial charge in [-0.15, -0.1) is 22.7 Å². The molecule has 3 heterocycles. The molecule has 6 heteroatoms. The normalized spacial score (nSPS) is 10.4. The lowest BCUT2D eigenvalue weighted by atomic mass is 10.1. The van der Waals surface area contributed by atoms with Crippen molar-refractivity contribution in [2.75, 3.05) is 5.73 Å². The van der Waals surface area contributed by atoms with Gasteiger partial charge in [-0.25, -0.2) is 4.98 Å². The summed E-state index contributed by atoms with van der Waals surface area (Å²) in [4.78, 5) is 10.1. The average molecular weight is 298 g/mol. The second-order valence-electron chi connectivity index (χ2n) is 4.15. The third-order valence-electron chi connectivity index (χ3n) is 2.85. The van der Waals surface area contributed by atoms with Crippen molar-refractivity contribution in [1.29, 1.82) is 5.26 Å². The van der Waals surface area contributed by atoms with Gasteiger partial charge in [0, 0.05) is 28.9 Å². The highest BCUT2D eigenvalue weighted by Crippen LogP contribution is 2.44. The van der Waals surface area contributed by atoms with Crippen LogP contribution in [0, 0.1) is 18.3 Å². The molecule has 3 aromatic heterocycles. The number of nitrogen functional groups attached to an aromatic ring is 1. The third kappa shape index (κ3) is 2.07. The first-order valence-corrected chi connectivity index (χ1v) is 7.55. The Bertz CT molecular complexity index is 796. The van der Waals surface area contributed by atoms with Crippen LogP contribution in [0.25, 0.3) is 21.7 Å². The van der Waals surface area contributed by atoms with Gasteiger partial charge in [0.2, 0.25) is 0 Å². The smallest absolute Gasteiger partial charge is 0.129 e. The topological polar surface area (TPSA) is 75.6 Å². The van der Waals surface area contributed by atoms with Crippen LogP contribution < -0.4 is 5.73 Å². The van der Waals surface area contributed by atoms with E-state index in [9.17, 15) is 5.26 Å². The highest BCUT2D eigenvalue weighted by molar-refractivity contribution is 7.17. The van der Waals surface area contributed by atoms with Gasteiger partial charge < -0.3 is 5.73 Å². The van der Waals surface area contributed by atoms with E-state index in [0.29, 0.717) is 10.6 Å². The molecule has 0 aliphatic heterocycles. The molecule has 0 unspecified atom stereocenters. The van der Waals surface area contributed by atoms with Gasteiger partial charge in [0.05, 0.1) is 21.3 Å². The van der Waals surface area contributed by atoms with Crippen LogP contribution in [0.15, 0.2) is 29.9 Å². The van der Waals surface area contributed by atoms with Crippen molar-refractivity contribution in [3.63, 3.8) is 0 Å². The quantitative estimate of drug-likeness (QED) is 0.782. The number of aryl methyl sites for hydroxylation is 1. The number of hydrogen-bond acceptors (Lipinski definition) is 6. The van der Waals surface area contributed by atoms with Crippen molar-refractivity contribution < 1.29 is 0 Å². The number of thiophene rings is 1. The zero-order valence-electron chi connectivity index (χ0n) is 10.6. The highest BCUT2D eigenvalue weighted by Gasteiger charge is 2.20. The molecular formula is C14H10N4S2. The standard InChI is InChI=1S/C14H10N4S2/c1-8-18-10(7-19-8)14-12(9-3-2-4-17-6-9)13(16)11(5-15)20-14/h2-4,6-7H,16H2,1H3. The van der Waals surface area contributed by atoms with Gasteiger partial charge in [-0.05, 0) is 13.0 Å². The number of nitriles is 1. The molecule has 4 nitrogen and oxygen atoms in total. The predicted octanol–water partition coefficient (Wildman–Crippen LogP) is 3.70. The number of nitrogens with zero attached hydrogens (tertiary/aromatic N) is 3. The lowest BCUT2D eigenvalue weighted by Gasteiger charge is -2.03. The molecule has 0 aliphatic carbocycles. The summed E-state index contributed by atoms with van der Waals surface area (Å²) < 4.78 is 0. The van der Waals surface area contributed by atoms with Gasteiger partial charge in [-0.3, -0.25) is 4.98 Å². The van der Waals surface area contributed by atoms with Crippen LogP contribution in [0.4, 0.5) is 5.69 Å². The third-order valence-corrected chi connectivity index (χ3v) is 4.75. The number of nitrogens with two attached hydrogens (primary N) is 1. The molecule has 0 aliphatic rings. The van der Waals surface area contributed by atoms with Crippen molar-refractivity contribution in [2.45, 2.75) is 6.92 Å². The Morgan fingerprint density at radius 2 is 2.25 bits per heavy atom. The Morgan fingerprint density at radius 3 is 2.85 bits per heavy atom. The number of thiazole rings is 1. The molecule has 3 rings (SSSR count). The number of aromatic nitrogens is 2. The molecule has 0 amide bonds. The summed E-state index contributed by atoms with van der Waals surface area (Å²) in [5, 5.41) is 12.2. The van der Waals surface area contributed by atoms with E-state index >= 15 is 0 Å². The van der Waals surface area contributed by atoms with E-state index in [1.54, 1.807) is 23.7 Å². The van der Waals surface area contributed by atoms with Crippen molar-refractivity contribution >= 4 is 28.4 Å². The maximum Gasteiger partial charge on any atom is 0.129 e. The molecule has 0 saturated heterocycles. The average Bonchev–Trinajstić information content (AvgIpc) is 3.03. The van der Waals surface area contributed by atoms with Crippen LogP contribution in [0.2, 0.25) is 0 Å². The summed E-state index contributed by atoms with van der Waals surface area (Å²) in [6.45, 7) is 1.96. The summed E-state index contributed by atoms with van der Waals surface area (Å²) in [5.41, 5.74) is 9.26. The van der Waals surface area contributed by atoms with Crippen molar-refractivity contribution in [1.82, 2.24) is 9.97 Å². The first-order valence-electron chi connectivity index (χ1n) is 5.86. The Morgan fingerprint density at radius 1 is 1.40 bits per heavy atom. The van der Waals surface area contributed by atoms with Crippen LogP contribution in [0.1, 0.15) is 9.88 Å². The monoisotopic (exact) mass is 298 g/mol. The lowest BCUT2D eigenvalue weighted by molar-refractivity contribution is 1.30. The van der Waals surface area contributed by atoms with Crippen molar-refractivity contribution in [3.05, 3.63) is 39.8 Å². The van der Waals surface area contributed by atoms with E-state index in [4.69, 9.17) is 5.73 Å². The first kappa shape index (κ1) is 12.8. The maximum atomic E-state index is 9.20. The largest absolute Gasteiger partial charge is 0.396 e. The Hall–Kier alpha value is -2.23. The van der Waals surface area contributed by atoms with E-state index in [1.807, 2.05) is 24.4 Å². The minimum absolute atomic E-state index is 0.506. The van der Waals surface area contributed by atoms with Crippen LogP contribution >= 0.6 is 22.7 Å². The Kier molecular flexibility index (Phi) is 3.22. The molecule has 20 heavy (non-hydrogen) atoms. The number of hydrogen-bond donors (Lipinski definition) is 1. The summed E-state index contributed by atoms with van der Waals surface area (Å²) >= 11 is 2.96. The summed E-state index contributed by atoms with van der Waals surface area (Å²) in [6, 6.07) is 5.95. The van der Waals surface area contributed by atoms with Gasteiger partial charge in [0.1, 0.15) is 10.9 Å². The minimum atomic E-state index is 0.506. The Labute approximate surface area is 124 Å². The molecule has 0 fully saturated rings. The first-order chi connectivity index (χ1) is 9.70. The van der Waals surface area contributed by atoms with Gasteiger partial charge in [0.15, 0.2) is 0 Å².